The number of imide groups is 2. The lowest BCUT2D eigenvalue weighted by Crippen LogP contribution is -2.55. The van der Waals surface area contributed by atoms with E-state index in [0.29, 0.717) is 16.8 Å². The van der Waals surface area contributed by atoms with Gasteiger partial charge >= 0.3 is 6.03 Å². The number of rotatable bonds is 4. The molecule has 34 heavy (non-hydrogen) atoms. The Morgan fingerprint density at radius 2 is 1.59 bits per heavy atom. The average molecular weight is 458 g/mol. The number of aryl methyl sites for hydroxylation is 2. The number of non-ortho nitro benzene ring substituents is 1. The van der Waals surface area contributed by atoms with Crippen LogP contribution in [-0.2, 0) is 9.59 Å². The molecule has 2 aromatic carbocycles. The van der Waals surface area contributed by atoms with Gasteiger partial charge in [-0.1, -0.05) is 18.2 Å². The first-order valence-electron chi connectivity index (χ1n) is 10.5. The zero-order valence-corrected chi connectivity index (χ0v) is 19.1. The van der Waals surface area contributed by atoms with Crippen molar-refractivity contribution in [2.24, 2.45) is 0 Å². The summed E-state index contributed by atoms with van der Waals surface area (Å²) < 4.78 is 1.91. The summed E-state index contributed by atoms with van der Waals surface area (Å²) in [4.78, 5) is 51.4. The van der Waals surface area contributed by atoms with Crippen LogP contribution in [0.15, 0.2) is 60.2 Å². The summed E-state index contributed by atoms with van der Waals surface area (Å²) in [6.45, 7) is 5.49. The van der Waals surface area contributed by atoms with E-state index in [2.05, 4.69) is 0 Å². The number of likely N-dealkylation sites (N-methyl/N-ethyl adjacent to an activating group) is 1. The molecule has 1 saturated heterocycles. The molecule has 0 bridgehead atoms. The lowest BCUT2D eigenvalue weighted by molar-refractivity contribution is -0.384. The first-order chi connectivity index (χ1) is 16.1. The van der Waals surface area contributed by atoms with Gasteiger partial charge in [-0.15, -0.1) is 0 Å². The number of nitro benzene ring substituents is 1. The van der Waals surface area contributed by atoms with E-state index in [1.807, 2.05) is 24.5 Å². The molecule has 0 radical (unpaired) electrons. The summed E-state index contributed by atoms with van der Waals surface area (Å²) in [5.74, 6) is -1.38. The molecule has 0 aliphatic carbocycles. The lowest BCUT2D eigenvalue weighted by atomic mass is 10.1. The second kappa shape index (κ2) is 8.43. The highest BCUT2D eigenvalue weighted by molar-refractivity contribution is 6.39. The molecule has 1 fully saturated rings. The van der Waals surface area contributed by atoms with Crippen LogP contribution in [0.1, 0.15) is 22.5 Å². The van der Waals surface area contributed by atoms with Gasteiger partial charge in [-0.25, -0.2) is 9.69 Å². The van der Waals surface area contributed by atoms with E-state index >= 15 is 0 Å². The lowest BCUT2D eigenvalue weighted by Gasteiger charge is -2.31. The van der Waals surface area contributed by atoms with E-state index < -0.39 is 22.8 Å². The van der Waals surface area contributed by atoms with Gasteiger partial charge in [-0.3, -0.25) is 24.6 Å². The molecule has 0 unspecified atom stereocenters. The van der Waals surface area contributed by atoms with Crippen molar-refractivity contribution >= 4 is 35.3 Å². The van der Waals surface area contributed by atoms with Gasteiger partial charge in [0, 0.05) is 36.3 Å². The Bertz CT molecular complexity index is 1390. The van der Waals surface area contributed by atoms with Crippen molar-refractivity contribution in [1.82, 2.24) is 9.47 Å². The number of amides is 4. The third-order valence-electron chi connectivity index (χ3n) is 5.86. The zero-order valence-electron chi connectivity index (χ0n) is 19.1. The predicted molar refractivity (Wildman–Crippen MR) is 127 cm³/mol. The van der Waals surface area contributed by atoms with E-state index in [9.17, 15) is 24.5 Å². The first kappa shape index (κ1) is 22.7. The number of benzene rings is 2. The molecule has 1 aliphatic rings. The Labute approximate surface area is 195 Å². The summed E-state index contributed by atoms with van der Waals surface area (Å²) >= 11 is 0. The van der Waals surface area contributed by atoms with Crippen molar-refractivity contribution in [3.05, 3.63) is 92.8 Å². The van der Waals surface area contributed by atoms with Gasteiger partial charge < -0.3 is 4.57 Å². The maximum Gasteiger partial charge on any atom is 0.338 e. The molecule has 9 nitrogen and oxygen atoms in total. The number of aromatic nitrogens is 1. The van der Waals surface area contributed by atoms with Crippen LogP contribution in [0.4, 0.5) is 16.2 Å². The summed E-state index contributed by atoms with van der Waals surface area (Å²) in [6, 6.07) is 14.1. The zero-order chi connectivity index (χ0) is 24.7. The van der Waals surface area contributed by atoms with Crippen molar-refractivity contribution in [2.75, 3.05) is 11.9 Å². The van der Waals surface area contributed by atoms with Crippen LogP contribution in [0.5, 0.6) is 0 Å². The highest BCUT2D eigenvalue weighted by atomic mass is 16.6. The number of nitrogens with zero attached hydrogens (tertiary/aromatic N) is 4. The highest BCUT2D eigenvalue weighted by Gasteiger charge is 2.41. The van der Waals surface area contributed by atoms with E-state index in [0.717, 1.165) is 26.9 Å². The first-order valence-corrected chi connectivity index (χ1v) is 10.5. The minimum Gasteiger partial charge on any atom is -0.318 e. The Kier molecular flexibility index (Phi) is 5.62. The minimum absolute atomic E-state index is 0.00170. The Hall–Kier alpha value is -4.53. The molecule has 4 rings (SSSR count). The highest BCUT2D eigenvalue weighted by Crippen LogP contribution is 2.29. The molecule has 9 heteroatoms. The van der Waals surface area contributed by atoms with Gasteiger partial charge in [-0.05, 0) is 62.2 Å². The van der Waals surface area contributed by atoms with Gasteiger partial charge in [0.1, 0.15) is 5.57 Å². The quantitative estimate of drug-likeness (QED) is 0.251. The maximum atomic E-state index is 13.2. The van der Waals surface area contributed by atoms with Crippen LogP contribution >= 0.6 is 0 Å². The number of carbonyl (C=O) groups excluding carboxylic acids is 3. The van der Waals surface area contributed by atoms with E-state index in [-0.39, 0.29) is 11.3 Å². The number of para-hydroxylation sites is 1. The number of barbiturate groups is 1. The fraction of sp³-hybridized carbons (Fsp3) is 0.160. The van der Waals surface area contributed by atoms with Crippen LogP contribution in [0.2, 0.25) is 0 Å². The maximum absolute atomic E-state index is 13.2. The van der Waals surface area contributed by atoms with Gasteiger partial charge in [0.15, 0.2) is 0 Å². The van der Waals surface area contributed by atoms with Crippen molar-refractivity contribution in [1.29, 1.82) is 0 Å². The molecule has 2 heterocycles. The number of urea groups is 1. The summed E-state index contributed by atoms with van der Waals surface area (Å²) in [7, 11) is 1.34. The molecule has 0 spiro atoms. The van der Waals surface area contributed by atoms with Crippen LogP contribution in [0, 0.1) is 30.9 Å². The molecule has 1 aliphatic heterocycles. The standard InChI is InChI=1S/C25H22N4O5/c1-15-12-20(29(33)34)10-11-22(15)27-16(2)13-18(17(27)3)14-21-23(30)26(4)25(32)28(24(21)31)19-8-6-5-7-9-19/h5-14H,1-4H3/b21-14+. The topological polar surface area (TPSA) is 106 Å². The third-order valence-corrected chi connectivity index (χ3v) is 5.86. The van der Waals surface area contributed by atoms with Crippen LogP contribution < -0.4 is 4.90 Å². The van der Waals surface area contributed by atoms with E-state index in [4.69, 9.17) is 0 Å². The van der Waals surface area contributed by atoms with E-state index in [1.54, 1.807) is 43.3 Å². The Balaban J connectivity index is 1.80. The molecule has 3 aromatic rings. The summed E-state index contributed by atoms with van der Waals surface area (Å²) in [6.07, 6.45) is 1.49. The van der Waals surface area contributed by atoms with Crippen molar-refractivity contribution in [2.45, 2.75) is 20.8 Å². The van der Waals surface area contributed by atoms with Crippen LogP contribution in [0.3, 0.4) is 0 Å². The molecule has 1 aromatic heterocycles. The Morgan fingerprint density at radius 3 is 2.21 bits per heavy atom. The molecular weight excluding hydrogens is 436 g/mol. The second-order valence-electron chi connectivity index (χ2n) is 8.07. The van der Waals surface area contributed by atoms with Gasteiger partial charge in [-0.2, -0.15) is 0 Å². The molecule has 0 N–H and O–H groups in total. The van der Waals surface area contributed by atoms with Crippen LogP contribution in [-0.4, -0.2) is 39.3 Å². The number of anilines is 1. The molecule has 0 saturated carbocycles. The summed E-state index contributed by atoms with van der Waals surface area (Å²) in [5.41, 5.74) is 3.89. The van der Waals surface area contributed by atoms with Gasteiger partial charge in [0.05, 0.1) is 10.6 Å². The number of hydrogen-bond acceptors (Lipinski definition) is 5. The number of nitro groups is 1. The molecule has 4 amide bonds. The number of hydrogen-bond donors (Lipinski definition) is 0. The van der Waals surface area contributed by atoms with Crippen LogP contribution in [0.25, 0.3) is 11.8 Å². The number of carbonyl (C=O) groups is 3. The monoisotopic (exact) mass is 458 g/mol. The predicted octanol–water partition coefficient (Wildman–Crippen LogP) is 4.32. The largest absolute Gasteiger partial charge is 0.338 e. The van der Waals surface area contributed by atoms with Crippen molar-refractivity contribution in [3.63, 3.8) is 0 Å². The second-order valence-corrected chi connectivity index (χ2v) is 8.07. The van der Waals surface area contributed by atoms with Crippen molar-refractivity contribution in [3.8, 4) is 5.69 Å². The SMILES string of the molecule is Cc1cc([N+](=O)[O-])ccc1-n1c(C)cc(/C=C2\C(=O)N(C)C(=O)N(c3ccccc3)C2=O)c1C. The fourth-order valence-electron chi connectivity index (χ4n) is 4.11. The van der Waals surface area contributed by atoms with Gasteiger partial charge in [0.25, 0.3) is 17.5 Å². The van der Waals surface area contributed by atoms with Gasteiger partial charge in [0.2, 0.25) is 0 Å². The normalized spacial score (nSPS) is 15.4. The Morgan fingerprint density at radius 1 is 0.912 bits per heavy atom. The fourth-order valence-corrected chi connectivity index (χ4v) is 4.11. The average Bonchev–Trinajstić information content (AvgIpc) is 3.08. The smallest absolute Gasteiger partial charge is 0.318 e. The van der Waals surface area contributed by atoms with E-state index in [1.165, 1.54) is 25.3 Å². The summed E-state index contributed by atoms with van der Waals surface area (Å²) in [5, 5.41) is 11.1. The molecule has 172 valence electrons. The van der Waals surface area contributed by atoms with Crippen molar-refractivity contribution < 1.29 is 19.3 Å². The third kappa shape index (κ3) is 3.66. The molecular formula is C25H22N4O5. The minimum atomic E-state index is -0.717. The molecule has 0 atom stereocenters.